The van der Waals surface area contributed by atoms with E-state index in [2.05, 4.69) is 24.4 Å². The average Bonchev–Trinajstić information content (AvgIpc) is 2.46. The number of rotatable bonds is 6. The summed E-state index contributed by atoms with van der Waals surface area (Å²) < 4.78 is 5.53. The molecule has 0 aliphatic heterocycles. The molecular weight excluding hydrogens is 250 g/mol. The lowest BCUT2D eigenvalue weighted by Crippen LogP contribution is -2.51. The van der Waals surface area contributed by atoms with Crippen molar-refractivity contribution in [2.45, 2.75) is 51.6 Å². The van der Waals surface area contributed by atoms with Crippen molar-refractivity contribution in [3.63, 3.8) is 0 Å². The van der Waals surface area contributed by atoms with Gasteiger partial charge in [-0.15, -0.1) is 0 Å². The summed E-state index contributed by atoms with van der Waals surface area (Å²) in [5, 5.41) is 13.4. The van der Waals surface area contributed by atoms with E-state index in [4.69, 9.17) is 4.74 Å². The molecule has 0 heterocycles. The molecule has 2 N–H and O–H groups in total. The average molecular weight is 277 g/mol. The topological polar surface area (TPSA) is 41.5 Å². The van der Waals surface area contributed by atoms with Gasteiger partial charge in [-0.1, -0.05) is 31.9 Å². The van der Waals surface area contributed by atoms with Crippen LogP contribution in [0.15, 0.2) is 24.3 Å². The minimum absolute atomic E-state index is 0.0979. The van der Waals surface area contributed by atoms with E-state index in [1.54, 1.807) is 0 Å². The Labute approximate surface area is 122 Å². The van der Waals surface area contributed by atoms with Crippen LogP contribution in [0.4, 0.5) is 0 Å². The summed E-state index contributed by atoms with van der Waals surface area (Å²) in [4.78, 5) is 0. The molecule has 0 bridgehead atoms. The predicted octanol–water partition coefficient (Wildman–Crippen LogP) is 3.12. The van der Waals surface area contributed by atoms with E-state index < -0.39 is 0 Å². The number of aliphatic hydroxyl groups excluding tert-OH is 1. The summed E-state index contributed by atoms with van der Waals surface area (Å²) in [5.41, 5.74) is 1.11. The first kappa shape index (κ1) is 15.3. The summed E-state index contributed by atoms with van der Waals surface area (Å²) in [5.74, 6) is 1.61. The zero-order chi connectivity index (χ0) is 14.4. The van der Waals surface area contributed by atoms with Crippen molar-refractivity contribution in [3.05, 3.63) is 29.8 Å². The number of ether oxygens (including phenoxy) is 1. The monoisotopic (exact) mass is 277 g/mol. The first-order valence-electron chi connectivity index (χ1n) is 7.75. The first-order chi connectivity index (χ1) is 9.67. The van der Waals surface area contributed by atoms with Gasteiger partial charge in [-0.2, -0.15) is 0 Å². The van der Waals surface area contributed by atoms with E-state index in [9.17, 15) is 5.11 Å². The second-order valence-electron chi connectivity index (χ2n) is 6.07. The van der Waals surface area contributed by atoms with Crippen LogP contribution in [0.5, 0.6) is 5.75 Å². The van der Waals surface area contributed by atoms with E-state index in [1.807, 2.05) is 19.1 Å². The molecule has 1 fully saturated rings. The number of hydrogen-bond donors (Lipinski definition) is 2. The van der Waals surface area contributed by atoms with E-state index in [0.717, 1.165) is 25.1 Å². The summed E-state index contributed by atoms with van der Waals surface area (Å²) >= 11 is 0. The summed E-state index contributed by atoms with van der Waals surface area (Å²) in [6.07, 6.45) is 4.62. The first-order valence-corrected chi connectivity index (χ1v) is 7.75. The summed E-state index contributed by atoms with van der Waals surface area (Å²) in [7, 11) is 0. The molecule has 3 nitrogen and oxygen atoms in total. The quantitative estimate of drug-likeness (QED) is 0.839. The van der Waals surface area contributed by atoms with Gasteiger partial charge in [-0.25, -0.2) is 0 Å². The highest BCUT2D eigenvalue weighted by atomic mass is 16.5. The molecule has 0 radical (unpaired) electrons. The van der Waals surface area contributed by atoms with Crippen LogP contribution in [0.1, 0.15) is 45.1 Å². The predicted molar refractivity (Wildman–Crippen MR) is 81.9 cm³/mol. The van der Waals surface area contributed by atoms with E-state index in [0.29, 0.717) is 12.5 Å². The number of aliphatic hydroxyl groups is 1. The van der Waals surface area contributed by atoms with Gasteiger partial charge in [0.25, 0.3) is 0 Å². The van der Waals surface area contributed by atoms with Gasteiger partial charge in [0.2, 0.25) is 0 Å². The van der Waals surface area contributed by atoms with Gasteiger partial charge in [0.05, 0.1) is 13.2 Å². The van der Waals surface area contributed by atoms with E-state index >= 15 is 0 Å². The Bertz CT molecular complexity index is 421. The fourth-order valence-corrected chi connectivity index (χ4v) is 3.22. The molecule has 1 aromatic rings. The van der Waals surface area contributed by atoms with Crippen molar-refractivity contribution < 1.29 is 9.84 Å². The van der Waals surface area contributed by atoms with Crippen LogP contribution in [0.2, 0.25) is 0 Å². The fraction of sp³-hybridized carbons (Fsp3) is 0.647. The molecule has 2 rings (SSSR count). The third-order valence-corrected chi connectivity index (χ3v) is 4.27. The third-order valence-electron chi connectivity index (χ3n) is 4.27. The van der Waals surface area contributed by atoms with Crippen LogP contribution >= 0.6 is 0 Å². The Hall–Kier alpha value is -1.06. The number of hydrogen-bond acceptors (Lipinski definition) is 3. The van der Waals surface area contributed by atoms with Gasteiger partial charge in [-0.05, 0) is 43.4 Å². The van der Waals surface area contributed by atoms with E-state index in [1.165, 1.54) is 18.4 Å². The van der Waals surface area contributed by atoms with Crippen molar-refractivity contribution in [3.8, 4) is 5.75 Å². The maximum Gasteiger partial charge on any atom is 0.119 e. The van der Waals surface area contributed by atoms with Crippen LogP contribution < -0.4 is 10.1 Å². The molecule has 1 aliphatic rings. The van der Waals surface area contributed by atoms with Gasteiger partial charge in [0, 0.05) is 12.1 Å². The molecule has 0 amide bonds. The van der Waals surface area contributed by atoms with Crippen molar-refractivity contribution in [1.29, 1.82) is 0 Å². The second kappa shape index (κ2) is 7.09. The SMILES string of the molecule is CCOc1cccc(CNC2(CO)CCCC(C)C2)c1. The van der Waals surface area contributed by atoms with Crippen LogP contribution in [0, 0.1) is 5.92 Å². The Morgan fingerprint density at radius 3 is 3.00 bits per heavy atom. The third kappa shape index (κ3) is 3.97. The lowest BCUT2D eigenvalue weighted by molar-refractivity contribution is 0.0982. The van der Waals surface area contributed by atoms with Gasteiger partial charge >= 0.3 is 0 Å². The van der Waals surface area contributed by atoms with Crippen molar-refractivity contribution >= 4 is 0 Å². The van der Waals surface area contributed by atoms with Gasteiger partial charge in [-0.3, -0.25) is 0 Å². The summed E-state index contributed by atoms with van der Waals surface area (Å²) in [6, 6.07) is 8.19. The normalized spacial score (nSPS) is 26.4. The smallest absolute Gasteiger partial charge is 0.119 e. The highest BCUT2D eigenvalue weighted by Gasteiger charge is 2.33. The zero-order valence-corrected chi connectivity index (χ0v) is 12.7. The van der Waals surface area contributed by atoms with Gasteiger partial charge in [0.15, 0.2) is 0 Å². The minimum atomic E-state index is -0.0979. The number of nitrogens with one attached hydrogen (secondary N) is 1. The highest BCUT2D eigenvalue weighted by Crippen LogP contribution is 2.32. The molecule has 1 aromatic carbocycles. The molecule has 2 unspecified atom stereocenters. The Kier molecular flexibility index (Phi) is 5.44. The standard InChI is InChI=1S/C17H27NO2/c1-3-20-16-8-4-7-15(10-16)12-18-17(13-19)9-5-6-14(2)11-17/h4,7-8,10,14,18-19H,3,5-6,9,11-13H2,1-2H3. The largest absolute Gasteiger partial charge is 0.494 e. The van der Waals surface area contributed by atoms with Crippen molar-refractivity contribution in [2.24, 2.45) is 5.92 Å². The van der Waals surface area contributed by atoms with Gasteiger partial charge < -0.3 is 15.2 Å². The maximum atomic E-state index is 9.79. The zero-order valence-electron chi connectivity index (χ0n) is 12.7. The lowest BCUT2D eigenvalue weighted by Gasteiger charge is -2.39. The second-order valence-corrected chi connectivity index (χ2v) is 6.07. The Balaban J connectivity index is 1.97. The van der Waals surface area contributed by atoms with Crippen molar-refractivity contribution in [2.75, 3.05) is 13.2 Å². The molecule has 0 saturated heterocycles. The molecule has 3 heteroatoms. The molecule has 1 saturated carbocycles. The number of benzene rings is 1. The molecule has 0 spiro atoms. The highest BCUT2D eigenvalue weighted by molar-refractivity contribution is 5.28. The fourth-order valence-electron chi connectivity index (χ4n) is 3.22. The lowest BCUT2D eigenvalue weighted by atomic mass is 9.77. The van der Waals surface area contributed by atoms with Crippen LogP contribution in [0.3, 0.4) is 0 Å². The molecule has 1 aliphatic carbocycles. The van der Waals surface area contributed by atoms with Crippen LogP contribution in [-0.2, 0) is 6.54 Å². The minimum Gasteiger partial charge on any atom is -0.494 e. The Morgan fingerprint density at radius 1 is 1.45 bits per heavy atom. The molecular formula is C17H27NO2. The molecule has 20 heavy (non-hydrogen) atoms. The molecule has 2 atom stereocenters. The maximum absolute atomic E-state index is 9.79. The molecule has 0 aromatic heterocycles. The van der Waals surface area contributed by atoms with E-state index in [-0.39, 0.29) is 12.1 Å². The molecule has 112 valence electrons. The van der Waals surface area contributed by atoms with Gasteiger partial charge in [0.1, 0.15) is 5.75 Å². The summed E-state index contributed by atoms with van der Waals surface area (Å²) in [6.45, 7) is 5.97. The van der Waals surface area contributed by atoms with Crippen molar-refractivity contribution in [1.82, 2.24) is 5.32 Å². The Morgan fingerprint density at radius 2 is 2.30 bits per heavy atom. The van der Waals surface area contributed by atoms with Crippen LogP contribution in [0.25, 0.3) is 0 Å². The van der Waals surface area contributed by atoms with Crippen LogP contribution in [-0.4, -0.2) is 23.9 Å².